The topological polar surface area (TPSA) is 40.7 Å². The van der Waals surface area contributed by atoms with Crippen molar-refractivity contribution in [2.45, 2.75) is 18.9 Å². The van der Waals surface area contributed by atoms with Gasteiger partial charge < -0.3 is 10.3 Å². The number of imidazole rings is 1. The minimum Gasteiger partial charge on any atom is -0.376 e. The molecule has 0 aliphatic heterocycles. The molecule has 0 spiro atoms. The van der Waals surface area contributed by atoms with Gasteiger partial charge in [-0.15, -0.1) is 0 Å². The van der Waals surface area contributed by atoms with Crippen molar-refractivity contribution >= 4 is 16.7 Å². The van der Waals surface area contributed by atoms with Crippen LogP contribution in [0.1, 0.15) is 13.3 Å². The van der Waals surface area contributed by atoms with Crippen LogP contribution in [0, 0.1) is 0 Å². The third-order valence-electron chi connectivity index (χ3n) is 3.10. The molecule has 1 aliphatic carbocycles. The summed E-state index contributed by atoms with van der Waals surface area (Å²) in [5, 5.41) is 3.55. The fourth-order valence-electron chi connectivity index (χ4n) is 2.16. The molecule has 0 saturated heterocycles. The molecule has 1 atom stereocenters. The van der Waals surface area contributed by atoms with Gasteiger partial charge in [0, 0.05) is 5.69 Å². The van der Waals surface area contributed by atoms with Gasteiger partial charge >= 0.3 is 0 Å². The number of anilines is 1. The van der Waals surface area contributed by atoms with Crippen LogP contribution in [0.4, 0.5) is 5.69 Å². The Morgan fingerprint density at radius 2 is 2.29 bits per heavy atom. The third kappa shape index (κ3) is 1.96. The molecule has 0 fully saturated rings. The number of rotatable bonds is 2. The average molecular weight is 225 g/mol. The van der Waals surface area contributed by atoms with Crippen molar-refractivity contribution < 1.29 is 0 Å². The highest BCUT2D eigenvalue weighted by Crippen LogP contribution is 2.24. The third-order valence-corrected chi connectivity index (χ3v) is 3.10. The molecule has 0 amide bonds. The second kappa shape index (κ2) is 3.77. The van der Waals surface area contributed by atoms with Crippen LogP contribution in [0.2, 0.25) is 0 Å². The molecule has 3 nitrogen and oxygen atoms in total. The summed E-state index contributed by atoms with van der Waals surface area (Å²) in [5.41, 5.74) is 3.18. The summed E-state index contributed by atoms with van der Waals surface area (Å²) in [6.45, 7) is 2.20. The summed E-state index contributed by atoms with van der Waals surface area (Å²) >= 11 is 0. The molecule has 2 aromatic rings. The van der Waals surface area contributed by atoms with Crippen LogP contribution in [0.15, 0.2) is 48.8 Å². The van der Waals surface area contributed by atoms with E-state index in [1.165, 1.54) is 0 Å². The van der Waals surface area contributed by atoms with Crippen molar-refractivity contribution in [3.05, 3.63) is 48.8 Å². The summed E-state index contributed by atoms with van der Waals surface area (Å²) in [5.74, 6) is 0. The van der Waals surface area contributed by atoms with Crippen molar-refractivity contribution in [1.82, 2.24) is 9.97 Å². The molecule has 3 rings (SSSR count). The summed E-state index contributed by atoms with van der Waals surface area (Å²) in [4.78, 5) is 7.34. The zero-order valence-corrected chi connectivity index (χ0v) is 9.77. The molecule has 3 heteroatoms. The lowest BCUT2D eigenvalue weighted by Gasteiger charge is -2.29. The first-order valence-corrected chi connectivity index (χ1v) is 5.81. The molecular formula is C14H15N3. The van der Waals surface area contributed by atoms with Crippen LogP contribution in [-0.2, 0) is 0 Å². The maximum atomic E-state index is 4.22. The van der Waals surface area contributed by atoms with Gasteiger partial charge in [0.05, 0.1) is 22.9 Å². The Labute approximate surface area is 100 Å². The van der Waals surface area contributed by atoms with E-state index in [0.717, 1.165) is 23.1 Å². The number of aromatic nitrogens is 2. The number of fused-ring (bicyclic) bond motifs is 1. The van der Waals surface area contributed by atoms with Gasteiger partial charge in [-0.25, -0.2) is 4.98 Å². The van der Waals surface area contributed by atoms with E-state index in [2.05, 4.69) is 58.6 Å². The van der Waals surface area contributed by atoms with Crippen LogP contribution in [-0.4, -0.2) is 15.5 Å². The summed E-state index contributed by atoms with van der Waals surface area (Å²) in [7, 11) is 0. The smallest absolute Gasteiger partial charge is 0.0931 e. The maximum absolute atomic E-state index is 4.22. The highest BCUT2D eigenvalue weighted by Gasteiger charge is 2.20. The number of benzene rings is 1. The van der Waals surface area contributed by atoms with Crippen molar-refractivity contribution in [2.75, 3.05) is 5.32 Å². The van der Waals surface area contributed by atoms with Gasteiger partial charge in [0.25, 0.3) is 0 Å². The molecule has 0 radical (unpaired) electrons. The van der Waals surface area contributed by atoms with Gasteiger partial charge in [0.1, 0.15) is 0 Å². The van der Waals surface area contributed by atoms with Crippen LogP contribution >= 0.6 is 0 Å². The number of hydrogen-bond acceptors (Lipinski definition) is 2. The highest BCUT2D eigenvalue weighted by molar-refractivity contribution is 5.79. The van der Waals surface area contributed by atoms with E-state index in [9.17, 15) is 0 Å². The SMILES string of the molecule is CC1(Nc2ccc3nc[nH]c3c2)C=CC=CC1. The molecule has 17 heavy (non-hydrogen) atoms. The Balaban J connectivity index is 1.89. The van der Waals surface area contributed by atoms with Crippen molar-refractivity contribution in [3.63, 3.8) is 0 Å². The van der Waals surface area contributed by atoms with Gasteiger partial charge in [0.15, 0.2) is 0 Å². The van der Waals surface area contributed by atoms with E-state index >= 15 is 0 Å². The van der Waals surface area contributed by atoms with Gasteiger partial charge in [-0.2, -0.15) is 0 Å². The standard InChI is InChI=1S/C14H15N3/c1-14(7-3-2-4-8-14)17-11-5-6-12-13(9-11)16-10-15-12/h2-7,9-10,17H,8H2,1H3,(H,15,16). The fourth-order valence-corrected chi connectivity index (χ4v) is 2.16. The zero-order valence-electron chi connectivity index (χ0n) is 9.77. The monoisotopic (exact) mass is 225 g/mol. The zero-order chi connectivity index (χ0) is 11.7. The minimum absolute atomic E-state index is 0.00243. The highest BCUT2D eigenvalue weighted by atomic mass is 15.0. The predicted octanol–water partition coefficient (Wildman–Crippen LogP) is 3.25. The van der Waals surface area contributed by atoms with Gasteiger partial charge in [0.2, 0.25) is 0 Å². The first kappa shape index (κ1) is 10.1. The maximum Gasteiger partial charge on any atom is 0.0931 e. The largest absolute Gasteiger partial charge is 0.376 e. The Kier molecular flexibility index (Phi) is 2.25. The summed E-state index contributed by atoms with van der Waals surface area (Å²) in [6.07, 6.45) is 11.3. The lowest BCUT2D eigenvalue weighted by Crippen LogP contribution is -2.32. The van der Waals surface area contributed by atoms with Crippen LogP contribution in [0.3, 0.4) is 0 Å². The molecule has 86 valence electrons. The van der Waals surface area contributed by atoms with E-state index in [4.69, 9.17) is 0 Å². The number of aromatic amines is 1. The molecule has 2 N–H and O–H groups in total. The van der Waals surface area contributed by atoms with Gasteiger partial charge in [-0.05, 0) is 31.5 Å². The lowest BCUT2D eigenvalue weighted by atomic mass is 9.93. The molecule has 0 saturated carbocycles. The van der Waals surface area contributed by atoms with E-state index in [1.54, 1.807) is 6.33 Å². The van der Waals surface area contributed by atoms with Gasteiger partial charge in [-0.1, -0.05) is 24.3 Å². The summed E-state index contributed by atoms with van der Waals surface area (Å²) in [6, 6.07) is 6.19. The molecule has 1 aliphatic rings. The Morgan fingerprint density at radius 1 is 1.35 bits per heavy atom. The molecule has 1 aromatic heterocycles. The molecule has 1 heterocycles. The fraction of sp³-hybridized carbons (Fsp3) is 0.214. The first-order valence-electron chi connectivity index (χ1n) is 5.81. The van der Waals surface area contributed by atoms with Crippen molar-refractivity contribution in [3.8, 4) is 0 Å². The van der Waals surface area contributed by atoms with E-state index in [1.807, 2.05) is 6.07 Å². The van der Waals surface area contributed by atoms with Crippen LogP contribution < -0.4 is 5.32 Å². The normalized spacial score (nSPS) is 23.1. The van der Waals surface area contributed by atoms with Gasteiger partial charge in [-0.3, -0.25) is 0 Å². The Bertz CT molecular complexity index is 594. The molecule has 1 aromatic carbocycles. The number of nitrogens with one attached hydrogen (secondary N) is 2. The number of hydrogen-bond donors (Lipinski definition) is 2. The molecule has 0 bridgehead atoms. The average Bonchev–Trinajstić information content (AvgIpc) is 2.76. The second-order valence-electron chi connectivity index (χ2n) is 4.67. The lowest BCUT2D eigenvalue weighted by molar-refractivity contribution is 0.641. The minimum atomic E-state index is 0.00243. The predicted molar refractivity (Wildman–Crippen MR) is 71.0 cm³/mol. The number of allylic oxidation sites excluding steroid dienone is 2. The van der Waals surface area contributed by atoms with E-state index in [-0.39, 0.29) is 5.54 Å². The van der Waals surface area contributed by atoms with Crippen molar-refractivity contribution in [1.29, 1.82) is 0 Å². The van der Waals surface area contributed by atoms with Crippen LogP contribution in [0.25, 0.3) is 11.0 Å². The van der Waals surface area contributed by atoms with E-state index < -0.39 is 0 Å². The summed E-state index contributed by atoms with van der Waals surface area (Å²) < 4.78 is 0. The molecule has 1 unspecified atom stereocenters. The quantitative estimate of drug-likeness (QED) is 0.823. The molecular weight excluding hydrogens is 210 g/mol. The second-order valence-corrected chi connectivity index (χ2v) is 4.67. The van der Waals surface area contributed by atoms with Crippen molar-refractivity contribution in [2.24, 2.45) is 0 Å². The number of H-pyrrole nitrogens is 1. The Hall–Kier alpha value is -2.03. The Morgan fingerprint density at radius 3 is 3.12 bits per heavy atom. The van der Waals surface area contributed by atoms with Crippen LogP contribution in [0.5, 0.6) is 0 Å². The van der Waals surface area contributed by atoms with E-state index in [0.29, 0.717) is 0 Å². The first-order chi connectivity index (χ1) is 8.25. The number of nitrogens with zero attached hydrogens (tertiary/aromatic N) is 1.